The fourth-order valence-corrected chi connectivity index (χ4v) is 3.22. The topological polar surface area (TPSA) is 73.0 Å². The average molecular weight is 351 g/mol. The lowest BCUT2D eigenvalue weighted by Gasteiger charge is -2.20. The van der Waals surface area contributed by atoms with Crippen molar-refractivity contribution in [2.45, 2.75) is 46.1 Å². The second-order valence-electron chi connectivity index (χ2n) is 7.22. The van der Waals surface area contributed by atoms with Crippen LogP contribution in [-0.4, -0.2) is 55.2 Å². The van der Waals surface area contributed by atoms with E-state index in [-0.39, 0.29) is 6.54 Å². The number of furan rings is 1. The average Bonchev–Trinajstić information content (AvgIpc) is 3.20. The molecule has 6 nitrogen and oxygen atoms in total. The van der Waals surface area contributed by atoms with Gasteiger partial charge in [-0.1, -0.05) is 6.92 Å². The highest BCUT2D eigenvalue weighted by Crippen LogP contribution is 2.23. The summed E-state index contributed by atoms with van der Waals surface area (Å²) in [4.78, 5) is 7.09. The van der Waals surface area contributed by atoms with Gasteiger partial charge < -0.3 is 25.1 Å². The summed E-state index contributed by atoms with van der Waals surface area (Å²) in [5.41, 5.74) is -1.11. The summed E-state index contributed by atoms with van der Waals surface area (Å²) in [5.74, 6) is 2.75. The molecule has 0 spiro atoms. The van der Waals surface area contributed by atoms with Gasteiger partial charge in [0, 0.05) is 19.6 Å². The second-order valence-corrected chi connectivity index (χ2v) is 7.22. The van der Waals surface area contributed by atoms with Crippen LogP contribution in [-0.2, 0) is 5.60 Å². The number of rotatable bonds is 8. The molecule has 1 fully saturated rings. The first-order chi connectivity index (χ1) is 11.9. The van der Waals surface area contributed by atoms with Crippen LogP contribution in [0, 0.1) is 12.8 Å². The molecule has 1 saturated heterocycles. The van der Waals surface area contributed by atoms with Crippen molar-refractivity contribution in [3.05, 3.63) is 23.7 Å². The Morgan fingerprint density at radius 2 is 2.20 bits per heavy atom. The molecule has 142 valence electrons. The minimum atomic E-state index is -1.11. The first kappa shape index (κ1) is 19.8. The smallest absolute Gasteiger partial charge is 0.191 e. The van der Waals surface area contributed by atoms with Crippen LogP contribution in [0.2, 0.25) is 0 Å². The van der Waals surface area contributed by atoms with E-state index in [1.165, 1.54) is 25.9 Å². The van der Waals surface area contributed by atoms with Gasteiger partial charge in [-0.3, -0.25) is 0 Å². The Morgan fingerprint density at radius 1 is 1.40 bits per heavy atom. The molecule has 2 atom stereocenters. The van der Waals surface area contributed by atoms with Crippen LogP contribution in [0.3, 0.4) is 0 Å². The summed E-state index contributed by atoms with van der Waals surface area (Å²) < 4.78 is 5.55. The maximum Gasteiger partial charge on any atom is 0.191 e. The van der Waals surface area contributed by atoms with Gasteiger partial charge in [-0.25, -0.2) is 4.99 Å². The predicted octanol–water partition coefficient (Wildman–Crippen LogP) is 2.08. The Balaban J connectivity index is 1.88. The highest BCUT2D eigenvalue weighted by molar-refractivity contribution is 5.79. The fraction of sp³-hybridized carbons (Fsp3) is 0.737. The molecule has 0 amide bonds. The molecule has 1 aliphatic rings. The Bertz CT molecular complexity index is 553. The zero-order chi connectivity index (χ0) is 18.3. The van der Waals surface area contributed by atoms with Gasteiger partial charge in [0.15, 0.2) is 5.96 Å². The number of aryl methyl sites for hydroxylation is 1. The van der Waals surface area contributed by atoms with Crippen LogP contribution in [0.5, 0.6) is 0 Å². The molecule has 1 aromatic rings. The van der Waals surface area contributed by atoms with Crippen molar-refractivity contribution in [2.24, 2.45) is 10.9 Å². The molecule has 3 N–H and O–H groups in total. The van der Waals surface area contributed by atoms with Crippen molar-refractivity contribution in [3.63, 3.8) is 0 Å². The van der Waals surface area contributed by atoms with Crippen LogP contribution < -0.4 is 10.6 Å². The van der Waals surface area contributed by atoms with Crippen molar-refractivity contribution >= 4 is 5.96 Å². The lowest BCUT2D eigenvalue weighted by molar-refractivity contribution is 0.0428. The molecule has 6 heteroatoms. The van der Waals surface area contributed by atoms with Crippen molar-refractivity contribution in [1.29, 1.82) is 0 Å². The number of guanidine groups is 1. The minimum absolute atomic E-state index is 0.252. The molecule has 1 aromatic heterocycles. The number of nitrogens with one attached hydrogen (secondary N) is 2. The van der Waals surface area contributed by atoms with E-state index in [0.717, 1.165) is 31.4 Å². The van der Waals surface area contributed by atoms with Crippen LogP contribution >= 0.6 is 0 Å². The molecule has 1 aliphatic heterocycles. The summed E-state index contributed by atoms with van der Waals surface area (Å²) in [7, 11) is 0. The maximum atomic E-state index is 10.6. The number of aliphatic imine (C=N–C) groups is 1. The van der Waals surface area contributed by atoms with Gasteiger partial charge >= 0.3 is 0 Å². The summed E-state index contributed by atoms with van der Waals surface area (Å²) in [6.45, 7) is 13.4. The molecule has 0 aliphatic carbocycles. The SMILES string of the molecule is CCCN1CCC(CNC(=NCC(C)(O)c2ccc(C)o2)NCC)C1. The van der Waals surface area contributed by atoms with Crippen LogP contribution in [0.1, 0.15) is 45.1 Å². The first-order valence-corrected chi connectivity index (χ1v) is 9.48. The van der Waals surface area contributed by atoms with Gasteiger partial charge in [-0.15, -0.1) is 0 Å². The minimum Gasteiger partial charge on any atom is -0.463 e. The molecule has 2 heterocycles. The van der Waals surface area contributed by atoms with Crippen LogP contribution in [0.4, 0.5) is 0 Å². The highest BCUT2D eigenvalue weighted by atomic mass is 16.4. The Kier molecular flexibility index (Phi) is 7.32. The van der Waals surface area contributed by atoms with Crippen molar-refractivity contribution in [2.75, 3.05) is 39.3 Å². The predicted molar refractivity (Wildman–Crippen MR) is 102 cm³/mol. The summed E-state index contributed by atoms with van der Waals surface area (Å²) in [5, 5.41) is 17.3. The van der Waals surface area contributed by atoms with Gasteiger partial charge in [0.05, 0.1) is 6.54 Å². The maximum absolute atomic E-state index is 10.6. The van der Waals surface area contributed by atoms with Gasteiger partial charge in [-0.2, -0.15) is 0 Å². The molecular weight excluding hydrogens is 316 g/mol. The summed E-state index contributed by atoms with van der Waals surface area (Å²) >= 11 is 0. The van der Waals surface area contributed by atoms with Gasteiger partial charge in [-0.05, 0) is 64.8 Å². The standard InChI is InChI=1S/C19H34N4O2/c1-5-10-23-11-9-16(13-23)12-21-18(20-6-2)22-14-19(4,24)17-8-7-15(3)25-17/h7-8,16,24H,5-6,9-14H2,1-4H3,(H2,20,21,22). The molecular formula is C19H34N4O2. The highest BCUT2D eigenvalue weighted by Gasteiger charge is 2.27. The third-order valence-electron chi connectivity index (χ3n) is 4.63. The summed E-state index contributed by atoms with van der Waals surface area (Å²) in [6.07, 6.45) is 2.45. The largest absolute Gasteiger partial charge is 0.463 e. The van der Waals surface area contributed by atoms with Crippen molar-refractivity contribution in [3.8, 4) is 0 Å². The number of hydrogen-bond donors (Lipinski definition) is 3. The fourth-order valence-electron chi connectivity index (χ4n) is 3.22. The Morgan fingerprint density at radius 3 is 2.84 bits per heavy atom. The Labute approximate surface area is 151 Å². The third kappa shape index (κ3) is 6.04. The van der Waals surface area contributed by atoms with E-state index in [1.54, 1.807) is 6.92 Å². The molecule has 25 heavy (non-hydrogen) atoms. The van der Waals surface area contributed by atoms with E-state index in [0.29, 0.717) is 11.7 Å². The first-order valence-electron chi connectivity index (χ1n) is 9.48. The number of nitrogens with zero attached hydrogens (tertiary/aromatic N) is 2. The lowest BCUT2D eigenvalue weighted by atomic mass is 10.0. The van der Waals surface area contributed by atoms with Crippen molar-refractivity contribution in [1.82, 2.24) is 15.5 Å². The zero-order valence-corrected chi connectivity index (χ0v) is 16.1. The van der Waals surface area contributed by atoms with Crippen LogP contribution in [0.15, 0.2) is 21.5 Å². The van der Waals surface area contributed by atoms with E-state index < -0.39 is 5.60 Å². The van der Waals surface area contributed by atoms with E-state index in [9.17, 15) is 5.11 Å². The normalized spacial score (nSPS) is 21.3. The molecule has 0 radical (unpaired) electrons. The monoisotopic (exact) mass is 350 g/mol. The summed E-state index contributed by atoms with van der Waals surface area (Å²) in [6, 6.07) is 3.67. The van der Waals surface area contributed by atoms with E-state index in [1.807, 2.05) is 26.0 Å². The molecule has 0 aromatic carbocycles. The number of likely N-dealkylation sites (tertiary alicyclic amines) is 1. The third-order valence-corrected chi connectivity index (χ3v) is 4.63. The van der Waals surface area contributed by atoms with Gasteiger partial charge in [0.25, 0.3) is 0 Å². The number of hydrogen-bond acceptors (Lipinski definition) is 4. The van der Waals surface area contributed by atoms with E-state index in [4.69, 9.17) is 4.42 Å². The van der Waals surface area contributed by atoms with E-state index >= 15 is 0 Å². The van der Waals surface area contributed by atoms with Crippen molar-refractivity contribution < 1.29 is 9.52 Å². The quantitative estimate of drug-likeness (QED) is 0.494. The van der Waals surface area contributed by atoms with Gasteiger partial charge in [0.1, 0.15) is 17.1 Å². The molecule has 0 saturated carbocycles. The van der Waals surface area contributed by atoms with E-state index in [2.05, 4.69) is 27.4 Å². The number of aliphatic hydroxyl groups is 1. The van der Waals surface area contributed by atoms with Gasteiger partial charge in [0.2, 0.25) is 0 Å². The second kappa shape index (κ2) is 9.25. The lowest BCUT2D eigenvalue weighted by Crippen LogP contribution is -2.41. The zero-order valence-electron chi connectivity index (χ0n) is 16.1. The molecule has 0 bridgehead atoms. The Hall–Kier alpha value is -1.53. The molecule has 2 rings (SSSR count). The van der Waals surface area contributed by atoms with Crippen LogP contribution in [0.25, 0.3) is 0 Å². The molecule has 2 unspecified atom stereocenters.